The number of rotatable bonds is 2. The predicted molar refractivity (Wildman–Crippen MR) is 69.0 cm³/mol. The number of ether oxygens (including phenoxy) is 1. The van der Waals surface area contributed by atoms with Gasteiger partial charge in [0, 0.05) is 11.1 Å². The van der Waals surface area contributed by atoms with Crippen LogP contribution in [0.2, 0.25) is 0 Å². The molecule has 0 bridgehead atoms. The summed E-state index contributed by atoms with van der Waals surface area (Å²) in [6.07, 6.45) is -0.669. The van der Waals surface area contributed by atoms with Crippen LogP contribution in [0.1, 0.15) is 42.7 Å². The Morgan fingerprint density at radius 1 is 1.44 bits per heavy atom. The second-order valence-corrected chi connectivity index (χ2v) is 5.23. The molecule has 0 fully saturated rings. The van der Waals surface area contributed by atoms with Gasteiger partial charge in [-0.15, -0.1) is 0 Å². The Morgan fingerprint density at radius 3 is 2.67 bits per heavy atom. The summed E-state index contributed by atoms with van der Waals surface area (Å²) in [5.74, 6) is 0.724. The minimum atomic E-state index is -0.669. The van der Waals surface area contributed by atoms with Gasteiger partial charge in [0.25, 0.3) is 0 Å². The maximum atomic E-state index is 11.4. The third kappa shape index (κ3) is 2.02. The largest absolute Gasteiger partial charge is 0.485 e. The van der Waals surface area contributed by atoms with E-state index in [0.717, 1.165) is 11.3 Å². The first-order chi connectivity index (χ1) is 8.36. The smallest absolute Gasteiger partial charge is 0.159 e. The van der Waals surface area contributed by atoms with E-state index in [1.54, 1.807) is 25.2 Å². The van der Waals surface area contributed by atoms with E-state index >= 15 is 0 Å². The Morgan fingerprint density at radius 2 is 2.11 bits per heavy atom. The highest BCUT2D eigenvalue weighted by Crippen LogP contribution is 2.39. The lowest BCUT2D eigenvalue weighted by Gasteiger charge is -2.42. The molecule has 1 aliphatic rings. The van der Waals surface area contributed by atoms with Crippen molar-refractivity contribution in [1.82, 2.24) is 5.32 Å². The van der Waals surface area contributed by atoms with E-state index in [9.17, 15) is 9.90 Å². The van der Waals surface area contributed by atoms with Crippen molar-refractivity contribution in [2.75, 3.05) is 7.05 Å². The molecule has 1 aromatic carbocycles. The topological polar surface area (TPSA) is 58.6 Å². The standard InChI is InChI=1S/C14H19NO3/c1-8(16)9-5-6-11-10(7-9)12(15-4)13(17)14(2,3)18-11/h5-7,12-13,15,17H,1-4H3/t12-,13+/m0/s1. The van der Waals surface area contributed by atoms with E-state index in [4.69, 9.17) is 4.74 Å². The number of Topliss-reactive ketones (excluding diaryl/α,β-unsaturated/α-hetero) is 1. The van der Waals surface area contributed by atoms with Gasteiger partial charge in [-0.1, -0.05) is 0 Å². The summed E-state index contributed by atoms with van der Waals surface area (Å²) >= 11 is 0. The molecule has 0 spiro atoms. The van der Waals surface area contributed by atoms with Gasteiger partial charge in [0.1, 0.15) is 17.5 Å². The van der Waals surface area contributed by atoms with Crippen molar-refractivity contribution in [3.63, 3.8) is 0 Å². The van der Waals surface area contributed by atoms with Gasteiger partial charge in [-0.2, -0.15) is 0 Å². The average molecular weight is 249 g/mol. The molecule has 4 heteroatoms. The van der Waals surface area contributed by atoms with E-state index in [-0.39, 0.29) is 11.8 Å². The minimum Gasteiger partial charge on any atom is -0.485 e. The molecule has 18 heavy (non-hydrogen) atoms. The van der Waals surface area contributed by atoms with Crippen molar-refractivity contribution >= 4 is 5.78 Å². The number of likely N-dealkylation sites (N-methyl/N-ethyl adjacent to an activating group) is 1. The summed E-state index contributed by atoms with van der Waals surface area (Å²) in [6, 6.07) is 5.10. The highest BCUT2D eigenvalue weighted by atomic mass is 16.5. The molecular weight excluding hydrogens is 230 g/mol. The molecule has 0 aromatic heterocycles. The molecule has 0 unspecified atom stereocenters. The molecular formula is C14H19NO3. The van der Waals surface area contributed by atoms with Crippen molar-refractivity contribution in [3.05, 3.63) is 29.3 Å². The normalized spacial score (nSPS) is 25.2. The van der Waals surface area contributed by atoms with Crippen LogP contribution >= 0.6 is 0 Å². The minimum absolute atomic E-state index is 0.00646. The Labute approximate surface area is 107 Å². The molecule has 4 nitrogen and oxygen atoms in total. The van der Waals surface area contributed by atoms with E-state index in [1.165, 1.54) is 6.92 Å². The molecule has 2 atom stereocenters. The number of carbonyl (C=O) groups is 1. The third-order valence-electron chi connectivity index (χ3n) is 3.46. The lowest BCUT2D eigenvalue weighted by Crippen LogP contribution is -2.52. The van der Waals surface area contributed by atoms with Crippen molar-refractivity contribution in [2.45, 2.75) is 38.5 Å². The fourth-order valence-corrected chi connectivity index (χ4v) is 2.33. The fraction of sp³-hybridized carbons (Fsp3) is 0.500. The van der Waals surface area contributed by atoms with Gasteiger partial charge in [-0.25, -0.2) is 0 Å². The zero-order valence-corrected chi connectivity index (χ0v) is 11.2. The molecule has 98 valence electrons. The summed E-state index contributed by atoms with van der Waals surface area (Å²) in [7, 11) is 1.79. The van der Waals surface area contributed by atoms with Crippen LogP contribution in [0.5, 0.6) is 5.75 Å². The number of aliphatic hydroxyl groups is 1. The summed E-state index contributed by atoms with van der Waals surface area (Å²) in [5, 5.41) is 13.4. The Hall–Kier alpha value is -1.39. The second kappa shape index (κ2) is 4.37. The molecule has 0 radical (unpaired) electrons. The Bertz CT molecular complexity index is 482. The van der Waals surface area contributed by atoms with Gasteiger partial charge >= 0.3 is 0 Å². The zero-order valence-electron chi connectivity index (χ0n) is 11.2. The van der Waals surface area contributed by atoms with E-state index < -0.39 is 11.7 Å². The van der Waals surface area contributed by atoms with Crippen LogP contribution in [-0.4, -0.2) is 29.6 Å². The van der Waals surface area contributed by atoms with Gasteiger partial charge < -0.3 is 15.2 Å². The summed E-state index contributed by atoms with van der Waals surface area (Å²) in [6.45, 7) is 5.23. The molecule has 2 rings (SSSR count). The number of benzene rings is 1. The Balaban J connectivity index is 2.53. The number of fused-ring (bicyclic) bond motifs is 1. The van der Waals surface area contributed by atoms with E-state index in [0.29, 0.717) is 5.56 Å². The number of ketones is 1. The quantitative estimate of drug-likeness (QED) is 0.783. The maximum Gasteiger partial charge on any atom is 0.159 e. The SMILES string of the molecule is CN[C@H]1c2cc(C(C)=O)ccc2OC(C)(C)[C@@H]1O. The number of carbonyl (C=O) groups excluding carboxylic acids is 1. The zero-order chi connectivity index (χ0) is 13.5. The van der Waals surface area contributed by atoms with Crippen LogP contribution in [0.4, 0.5) is 0 Å². The highest BCUT2D eigenvalue weighted by Gasteiger charge is 2.42. The molecule has 0 aliphatic carbocycles. The van der Waals surface area contributed by atoms with Crippen molar-refractivity contribution in [3.8, 4) is 5.75 Å². The molecule has 1 aromatic rings. The number of nitrogens with one attached hydrogen (secondary N) is 1. The van der Waals surface area contributed by atoms with Crippen LogP contribution in [0, 0.1) is 0 Å². The van der Waals surface area contributed by atoms with Crippen LogP contribution in [0.15, 0.2) is 18.2 Å². The molecule has 2 N–H and O–H groups in total. The first-order valence-corrected chi connectivity index (χ1v) is 6.06. The summed E-state index contributed by atoms with van der Waals surface area (Å²) in [5.41, 5.74) is 0.805. The molecule has 1 aliphatic heterocycles. The van der Waals surface area contributed by atoms with Crippen molar-refractivity contribution < 1.29 is 14.6 Å². The molecule has 0 amide bonds. The Kier molecular flexibility index (Phi) is 3.17. The lowest BCUT2D eigenvalue weighted by molar-refractivity contribution is -0.0631. The highest BCUT2D eigenvalue weighted by molar-refractivity contribution is 5.94. The summed E-state index contributed by atoms with van der Waals surface area (Å²) in [4.78, 5) is 11.4. The first-order valence-electron chi connectivity index (χ1n) is 6.06. The number of hydrogen-bond acceptors (Lipinski definition) is 4. The van der Waals surface area contributed by atoms with Crippen LogP contribution in [0.3, 0.4) is 0 Å². The molecule has 1 heterocycles. The van der Waals surface area contributed by atoms with Gasteiger partial charge in [-0.3, -0.25) is 4.79 Å². The second-order valence-electron chi connectivity index (χ2n) is 5.23. The maximum absolute atomic E-state index is 11.4. The molecule has 0 saturated carbocycles. The lowest BCUT2D eigenvalue weighted by atomic mass is 9.86. The van der Waals surface area contributed by atoms with E-state index in [1.807, 2.05) is 13.8 Å². The number of hydrogen-bond donors (Lipinski definition) is 2. The monoisotopic (exact) mass is 249 g/mol. The van der Waals surface area contributed by atoms with Gasteiger partial charge in [0.2, 0.25) is 0 Å². The van der Waals surface area contributed by atoms with Gasteiger partial charge in [0.05, 0.1) is 6.04 Å². The molecule has 0 saturated heterocycles. The predicted octanol–water partition coefficient (Wildman–Crippen LogP) is 1.68. The van der Waals surface area contributed by atoms with Crippen LogP contribution in [-0.2, 0) is 0 Å². The van der Waals surface area contributed by atoms with Gasteiger partial charge in [0.15, 0.2) is 5.78 Å². The van der Waals surface area contributed by atoms with Crippen molar-refractivity contribution in [1.29, 1.82) is 0 Å². The van der Waals surface area contributed by atoms with Gasteiger partial charge in [-0.05, 0) is 46.0 Å². The number of aliphatic hydroxyl groups excluding tert-OH is 1. The van der Waals surface area contributed by atoms with E-state index in [2.05, 4.69) is 5.32 Å². The first kappa shape index (κ1) is 13.1. The fourth-order valence-electron chi connectivity index (χ4n) is 2.33. The average Bonchev–Trinajstić information content (AvgIpc) is 2.30. The van der Waals surface area contributed by atoms with Crippen molar-refractivity contribution in [2.24, 2.45) is 0 Å². The third-order valence-corrected chi connectivity index (χ3v) is 3.46. The van der Waals surface area contributed by atoms with Crippen LogP contribution in [0.25, 0.3) is 0 Å². The summed E-state index contributed by atoms with van der Waals surface area (Å²) < 4.78 is 5.80. The van der Waals surface area contributed by atoms with Crippen LogP contribution < -0.4 is 10.1 Å².